The number of hydrogen-bond donors (Lipinski definition) is 2. The topological polar surface area (TPSA) is 70.1 Å². The minimum absolute atomic E-state index is 0.133. The maximum atomic E-state index is 11.1. The Hall–Kier alpha value is -1.65. The van der Waals surface area contributed by atoms with Crippen LogP contribution in [0.15, 0.2) is 11.2 Å². The molecule has 11 heavy (non-hydrogen) atoms. The Labute approximate surface area is 62.5 Å². The zero-order valence-electron chi connectivity index (χ0n) is 5.66. The van der Waals surface area contributed by atoms with Crippen LogP contribution in [0.2, 0.25) is 0 Å². The average molecular weight is 150 g/mol. The molecule has 5 heteroatoms. The Morgan fingerprint density at radius 2 is 2.45 bits per heavy atom. The van der Waals surface area contributed by atoms with Crippen LogP contribution in [0.5, 0.6) is 0 Å². The highest BCUT2D eigenvalue weighted by molar-refractivity contribution is 6.00. The molecule has 0 bridgehead atoms. The lowest BCUT2D eigenvalue weighted by Crippen LogP contribution is -2.23. The molecule has 2 N–H and O–H groups in total. The lowest BCUT2D eigenvalue weighted by molar-refractivity contribution is 0.0961. The molecule has 0 aromatic carbocycles. The molecule has 1 aromatic rings. The van der Waals surface area contributed by atoms with Gasteiger partial charge in [0, 0.05) is 6.21 Å². The summed E-state index contributed by atoms with van der Waals surface area (Å²) in [5.41, 5.74) is 0.499. The molecule has 1 aliphatic heterocycles. The van der Waals surface area contributed by atoms with Crippen molar-refractivity contribution in [2.24, 2.45) is 4.99 Å². The number of aromatic amines is 1. The fourth-order valence-corrected chi connectivity index (χ4v) is 0.914. The quantitative estimate of drug-likeness (QED) is 0.540. The van der Waals surface area contributed by atoms with Gasteiger partial charge in [-0.1, -0.05) is 0 Å². The van der Waals surface area contributed by atoms with Crippen molar-refractivity contribution in [1.82, 2.24) is 15.5 Å². The third kappa shape index (κ3) is 0.899. The van der Waals surface area contributed by atoms with Gasteiger partial charge in [-0.3, -0.25) is 9.89 Å². The molecule has 0 radical (unpaired) electrons. The molecule has 0 saturated heterocycles. The average Bonchev–Trinajstić information content (AvgIpc) is 2.40. The minimum atomic E-state index is -0.133. The second-order valence-corrected chi connectivity index (χ2v) is 2.15. The van der Waals surface area contributed by atoms with Crippen LogP contribution in [-0.4, -0.2) is 28.9 Å². The van der Waals surface area contributed by atoms with Crippen LogP contribution in [0, 0.1) is 0 Å². The van der Waals surface area contributed by atoms with E-state index in [0.29, 0.717) is 17.9 Å². The van der Waals surface area contributed by atoms with E-state index in [1.54, 1.807) is 6.21 Å². The van der Waals surface area contributed by atoms with Gasteiger partial charge in [0.05, 0.1) is 12.7 Å². The molecule has 1 aromatic heterocycles. The minimum Gasteiger partial charge on any atom is -0.347 e. The van der Waals surface area contributed by atoms with E-state index in [2.05, 4.69) is 20.5 Å². The van der Waals surface area contributed by atoms with Gasteiger partial charge in [0.25, 0.3) is 5.91 Å². The Balaban J connectivity index is 2.53. The maximum absolute atomic E-state index is 11.1. The van der Waals surface area contributed by atoms with E-state index in [9.17, 15) is 4.79 Å². The molecule has 2 heterocycles. The van der Waals surface area contributed by atoms with Crippen LogP contribution in [-0.2, 0) is 0 Å². The van der Waals surface area contributed by atoms with Crippen molar-refractivity contribution < 1.29 is 4.79 Å². The summed E-state index contributed by atoms with van der Waals surface area (Å²) in [4.78, 5) is 15.1. The summed E-state index contributed by atoms with van der Waals surface area (Å²) in [5.74, 6) is 0.395. The molecule has 0 spiro atoms. The van der Waals surface area contributed by atoms with E-state index in [0.717, 1.165) is 0 Å². The Bertz CT molecular complexity index is 314. The van der Waals surface area contributed by atoms with Crippen LogP contribution in [0.3, 0.4) is 0 Å². The van der Waals surface area contributed by atoms with Crippen molar-refractivity contribution in [2.75, 3.05) is 6.54 Å². The molecule has 0 fully saturated rings. The number of carbonyl (C=O) groups excluding carboxylic acids is 1. The molecule has 2 rings (SSSR count). The highest BCUT2D eigenvalue weighted by Crippen LogP contribution is 2.14. The summed E-state index contributed by atoms with van der Waals surface area (Å²) in [6.07, 6.45) is 3.09. The predicted molar refractivity (Wildman–Crippen MR) is 39.1 cm³/mol. The van der Waals surface area contributed by atoms with Crippen molar-refractivity contribution >= 4 is 17.9 Å². The van der Waals surface area contributed by atoms with Crippen molar-refractivity contribution in [3.8, 4) is 0 Å². The first-order valence-electron chi connectivity index (χ1n) is 3.22. The number of H-pyrrole nitrogens is 1. The van der Waals surface area contributed by atoms with Gasteiger partial charge in [-0.15, -0.1) is 0 Å². The summed E-state index contributed by atoms with van der Waals surface area (Å²) in [6, 6.07) is 0. The van der Waals surface area contributed by atoms with Crippen molar-refractivity contribution in [1.29, 1.82) is 0 Å². The molecular formula is C6H6N4O. The number of nitrogens with zero attached hydrogens (tertiary/aromatic N) is 2. The fourth-order valence-electron chi connectivity index (χ4n) is 0.914. The standard InChI is InChI=1S/C6H6N4O/c11-6-4-3-9-10-5(4)7-1-2-8-6/h1,3H,2H2,(H,8,11)(H,9,10). The van der Waals surface area contributed by atoms with E-state index in [1.807, 2.05) is 0 Å². The fraction of sp³-hybridized carbons (Fsp3) is 0.167. The summed E-state index contributed by atoms with van der Waals surface area (Å²) in [6.45, 7) is 0.474. The number of amides is 1. The second kappa shape index (κ2) is 2.19. The predicted octanol–water partition coefficient (Wildman–Crippen LogP) is -0.145. The van der Waals surface area contributed by atoms with E-state index in [4.69, 9.17) is 0 Å². The first-order valence-corrected chi connectivity index (χ1v) is 3.22. The lowest BCUT2D eigenvalue weighted by atomic mass is 10.3. The number of nitrogens with one attached hydrogen (secondary N) is 2. The van der Waals surface area contributed by atoms with Crippen LogP contribution in [0.4, 0.5) is 5.82 Å². The van der Waals surface area contributed by atoms with Crippen LogP contribution in [0.25, 0.3) is 0 Å². The van der Waals surface area contributed by atoms with Gasteiger partial charge in [-0.25, -0.2) is 4.99 Å². The SMILES string of the molecule is O=C1NCC=Nc2[nH]ncc21. The zero-order valence-corrected chi connectivity index (χ0v) is 5.66. The summed E-state index contributed by atoms with van der Waals surface area (Å²) in [7, 11) is 0. The van der Waals surface area contributed by atoms with E-state index in [1.165, 1.54) is 6.20 Å². The third-order valence-electron chi connectivity index (χ3n) is 1.44. The molecule has 0 saturated carbocycles. The van der Waals surface area contributed by atoms with Crippen molar-refractivity contribution in [3.63, 3.8) is 0 Å². The van der Waals surface area contributed by atoms with E-state index < -0.39 is 0 Å². The van der Waals surface area contributed by atoms with Crippen LogP contribution < -0.4 is 5.32 Å². The normalized spacial score (nSPS) is 15.5. The number of aromatic nitrogens is 2. The molecule has 0 unspecified atom stereocenters. The van der Waals surface area contributed by atoms with Gasteiger partial charge in [0.2, 0.25) is 0 Å². The number of aliphatic imine (C=N–C) groups is 1. The first kappa shape index (κ1) is 6.09. The lowest BCUT2D eigenvalue weighted by Gasteiger charge is -1.93. The molecular weight excluding hydrogens is 144 g/mol. The Kier molecular flexibility index (Phi) is 1.21. The molecule has 0 atom stereocenters. The van der Waals surface area contributed by atoms with Crippen molar-refractivity contribution in [3.05, 3.63) is 11.8 Å². The van der Waals surface area contributed by atoms with Gasteiger partial charge in [0.1, 0.15) is 5.56 Å². The molecule has 0 aliphatic carbocycles. The molecule has 1 aliphatic rings. The highest BCUT2D eigenvalue weighted by atomic mass is 16.1. The largest absolute Gasteiger partial charge is 0.347 e. The second-order valence-electron chi connectivity index (χ2n) is 2.15. The number of carbonyl (C=O) groups is 1. The molecule has 1 amide bonds. The maximum Gasteiger partial charge on any atom is 0.257 e. The molecule has 5 nitrogen and oxygen atoms in total. The summed E-state index contributed by atoms with van der Waals surface area (Å²) < 4.78 is 0. The van der Waals surface area contributed by atoms with Gasteiger partial charge in [-0.05, 0) is 0 Å². The number of rotatable bonds is 0. The van der Waals surface area contributed by atoms with Crippen LogP contribution >= 0.6 is 0 Å². The zero-order chi connectivity index (χ0) is 7.68. The van der Waals surface area contributed by atoms with E-state index in [-0.39, 0.29) is 5.91 Å². The van der Waals surface area contributed by atoms with Gasteiger partial charge < -0.3 is 5.32 Å². The van der Waals surface area contributed by atoms with Gasteiger partial charge in [-0.2, -0.15) is 5.10 Å². The van der Waals surface area contributed by atoms with Crippen LogP contribution in [0.1, 0.15) is 10.4 Å². The van der Waals surface area contributed by atoms with Crippen molar-refractivity contribution in [2.45, 2.75) is 0 Å². The number of fused-ring (bicyclic) bond motifs is 1. The third-order valence-corrected chi connectivity index (χ3v) is 1.44. The molecule has 56 valence electrons. The van der Waals surface area contributed by atoms with Gasteiger partial charge >= 0.3 is 0 Å². The summed E-state index contributed by atoms with van der Waals surface area (Å²) in [5, 5.41) is 8.95. The van der Waals surface area contributed by atoms with E-state index >= 15 is 0 Å². The highest BCUT2D eigenvalue weighted by Gasteiger charge is 2.13. The smallest absolute Gasteiger partial charge is 0.257 e. The Morgan fingerprint density at radius 1 is 1.55 bits per heavy atom. The number of hydrogen-bond acceptors (Lipinski definition) is 3. The summed E-state index contributed by atoms with van der Waals surface area (Å²) >= 11 is 0. The van der Waals surface area contributed by atoms with Gasteiger partial charge in [0.15, 0.2) is 5.82 Å². The monoisotopic (exact) mass is 150 g/mol. The Morgan fingerprint density at radius 3 is 3.36 bits per heavy atom. The first-order chi connectivity index (χ1) is 5.38.